The Labute approximate surface area is 217 Å². The van der Waals surface area contributed by atoms with Crippen LogP contribution in [0.15, 0.2) is 69.6 Å². The second kappa shape index (κ2) is 9.56. The Morgan fingerprint density at radius 2 is 1.86 bits per heavy atom. The summed E-state index contributed by atoms with van der Waals surface area (Å²) in [5.74, 6) is -0.500. The summed E-state index contributed by atoms with van der Waals surface area (Å²) in [5.41, 5.74) is 4.51. The van der Waals surface area contributed by atoms with Crippen molar-refractivity contribution in [1.29, 1.82) is 0 Å². The van der Waals surface area contributed by atoms with Gasteiger partial charge in [0.1, 0.15) is 6.04 Å². The minimum atomic E-state index is -0.728. The van der Waals surface area contributed by atoms with Crippen molar-refractivity contribution >= 4 is 45.9 Å². The molecule has 0 aliphatic carbocycles. The number of ether oxygens (including phenoxy) is 1. The summed E-state index contributed by atoms with van der Waals surface area (Å²) in [6, 6.07) is 14.7. The monoisotopic (exact) mass is 519 g/mol. The van der Waals surface area contributed by atoms with Crippen molar-refractivity contribution in [3.05, 3.63) is 101 Å². The Balaban J connectivity index is 1.79. The van der Waals surface area contributed by atoms with E-state index in [0.717, 1.165) is 28.7 Å². The molecule has 1 aliphatic rings. The number of esters is 1. The highest BCUT2D eigenvalue weighted by atomic mass is 35.5. The van der Waals surface area contributed by atoms with Crippen LogP contribution in [0.3, 0.4) is 0 Å². The molecule has 0 spiro atoms. The molecule has 1 atom stereocenters. The molecule has 4 aromatic rings. The van der Waals surface area contributed by atoms with Crippen LogP contribution in [-0.2, 0) is 16.1 Å². The fourth-order valence-electron chi connectivity index (χ4n) is 4.96. The number of carbonyl (C=O) groups is 1. The van der Waals surface area contributed by atoms with Crippen LogP contribution in [0.5, 0.6) is 0 Å². The van der Waals surface area contributed by atoms with Gasteiger partial charge >= 0.3 is 5.97 Å². The number of thiazole rings is 1. The maximum Gasteiger partial charge on any atom is 0.338 e. The van der Waals surface area contributed by atoms with E-state index in [1.54, 1.807) is 24.5 Å². The number of para-hydroxylation sites is 1. The normalized spacial score (nSPS) is 15.8. The lowest BCUT2D eigenvalue weighted by Crippen LogP contribution is -2.40. The van der Waals surface area contributed by atoms with Crippen LogP contribution in [0.2, 0.25) is 5.02 Å². The quantitative estimate of drug-likeness (QED) is 0.358. The molecular formula is C28H26ClN3O3S. The van der Waals surface area contributed by atoms with Crippen molar-refractivity contribution in [2.24, 2.45) is 4.99 Å². The largest absolute Gasteiger partial charge is 0.463 e. The highest BCUT2D eigenvalue weighted by molar-refractivity contribution is 7.07. The van der Waals surface area contributed by atoms with E-state index in [2.05, 4.69) is 35.5 Å². The zero-order valence-electron chi connectivity index (χ0n) is 20.5. The minimum Gasteiger partial charge on any atom is -0.463 e. The fraction of sp³-hybridized carbons (Fsp3) is 0.250. The first-order valence-corrected chi connectivity index (χ1v) is 13.1. The standard InChI is InChI=1S/C28H26ClN3O3S/c1-5-31-17(4)20(18-11-8-10-14-22(18)31)15-23-26(33)32-25(19-12-7-9-13-21(19)29)24(27(34)35-6-2)16(3)30-28(32)36-23/h7-15,25H,5-6H2,1-4H3/b23-15-/t25-/m0/s1. The van der Waals surface area contributed by atoms with Crippen molar-refractivity contribution in [3.8, 4) is 0 Å². The Bertz CT molecular complexity index is 1720. The van der Waals surface area contributed by atoms with E-state index in [9.17, 15) is 9.59 Å². The van der Waals surface area contributed by atoms with Crippen LogP contribution in [-0.4, -0.2) is 21.7 Å². The van der Waals surface area contributed by atoms with Gasteiger partial charge in [-0.3, -0.25) is 9.36 Å². The number of fused-ring (bicyclic) bond motifs is 2. The van der Waals surface area contributed by atoms with Crippen LogP contribution in [0.25, 0.3) is 17.0 Å². The van der Waals surface area contributed by atoms with Gasteiger partial charge in [-0.1, -0.05) is 59.3 Å². The van der Waals surface area contributed by atoms with Gasteiger partial charge in [-0.15, -0.1) is 0 Å². The Morgan fingerprint density at radius 1 is 1.14 bits per heavy atom. The molecule has 36 heavy (non-hydrogen) atoms. The molecule has 0 fully saturated rings. The molecule has 5 rings (SSSR count). The molecule has 8 heteroatoms. The summed E-state index contributed by atoms with van der Waals surface area (Å²) >= 11 is 7.90. The number of allylic oxidation sites excluding steroid dienone is 1. The molecule has 0 unspecified atom stereocenters. The molecule has 0 saturated heterocycles. The molecule has 0 saturated carbocycles. The fourth-order valence-corrected chi connectivity index (χ4v) is 6.23. The summed E-state index contributed by atoms with van der Waals surface area (Å²) in [4.78, 5) is 32.2. The lowest BCUT2D eigenvalue weighted by Gasteiger charge is -2.25. The summed E-state index contributed by atoms with van der Waals surface area (Å²) < 4.78 is 9.72. The average molecular weight is 520 g/mol. The van der Waals surface area contributed by atoms with E-state index in [0.29, 0.717) is 31.2 Å². The van der Waals surface area contributed by atoms with Crippen LogP contribution >= 0.6 is 22.9 Å². The van der Waals surface area contributed by atoms with Crippen molar-refractivity contribution in [3.63, 3.8) is 0 Å². The predicted molar refractivity (Wildman–Crippen MR) is 144 cm³/mol. The number of hydrogen-bond acceptors (Lipinski definition) is 5. The van der Waals surface area contributed by atoms with Gasteiger partial charge in [-0.25, -0.2) is 9.79 Å². The molecule has 6 nitrogen and oxygen atoms in total. The molecule has 2 aromatic carbocycles. The zero-order valence-corrected chi connectivity index (χ0v) is 22.1. The zero-order chi connectivity index (χ0) is 25.6. The average Bonchev–Trinajstić information content (AvgIpc) is 3.31. The minimum absolute atomic E-state index is 0.217. The highest BCUT2D eigenvalue weighted by Gasteiger charge is 2.34. The second-order valence-electron chi connectivity index (χ2n) is 8.58. The van der Waals surface area contributed by atoms with Crippen molar-refractivity contribution in [2.45, 2.75) is 40.3 Å². The summed E-state index contributed by atoms with van der Waals surface area (Å²) in [7, 11) is 0. The number of benzene rings is 2. The van der Waals surface area contributed by atoms with Crippen LogP contribution in [0.1, 0.15) is 43.6 Å². The smallest absolute Gasteiger partial charge is 0.338 e. The summed E-state index contributed by atoms with van der Waals surface area (Å²) in [5, 5.41) is 1.56. The number of carbonyl (C=O) groups excluding carboxylic acids is 1. The van der Waals surface area contributed by atoms with Gasteiger partial charge < -0.3 is 9.30 Å². The van der Waals surface area contributed by atoms with E-state index >= 15 is 0 Å². The van der Waals surface area contributed by atoms with Crippen LogP contribution in [0.4, 0.5) is 0 Å². The van der Waals surface area contributed by atoms with Gasteiger partial charge in [-0.05, 0) is 51.5 Å². The third-order valence-electron chi connectivity index (χ3n) is 6.59. The Morgan fingerprint density at radius 3 is 2.58 bits per heavy atom. The summed E-state index contributed by atoms with van der Waals surface area (Å²) in [6.45, 7) is 8.75. The third-order valence-corrected chi connectivity index (χ3v) is 7.92. The number of nitrogens with zero attached hydrogens (tertiary/aromatic N) is 3. The first-order chi connectivity index (χ1) is 17.4. The molecule has 3 heterocycles. The number of aryl methyl sites for hydroxylation is 1. The topological polar surface area (TPSA) is 65.6 Å². The van der Waals surface area contributed by atoms with Gasteiger partial charge in [0.15, 0.2) is 4.80 Å². The maximum absolute atomic E-state index is 13.9. The van der Waals surface area contributed by atoms with Gasteiger partial charge in [0.25, 0.3) is 5.56 Å². The summed E-state index contributed by atoms with van der Waals surface area (Å²) in [6.07, 6.45) is 1.95. The van der Waals surface area contributed by atoms with Gasteiger partial charge in [-0.2, -0.15) is 0 Å². The molecule has 0 amide bonds. The number of halogens is 1. The molecule has 2 aromatic heterocycles. The predicted octanol–water partition coefficient (Wildman–Crippen LogP) is 4.73. The lowest BCUT2D eigenvalue weighted by molar-refractivity contribution is -0.139. The number of rotatable bonds is 5. The first-order valence-electron chi connectivity index (χ1n) is 11.9. The highest BCUT2D eigenvalue weighted by Crippen LogP contribution is 2.34. The van der Waals surface area contributed by atoms with E-state index in [1.165, 1.54) is 11.3 Å². The Kier molecular flexibility index (Phi) is 6.45. The van der Waals surface area contributed by atoms with Crippen molar-refractivity contribution in [2.75, 3.05) is 6.61 Å². The van der Waals surface area contributed by atoms with Crippen molar-refractivity contribution in [1.82, 2.24) is 9.13 Å². The molecule has 0 radical (unpaired) electrons. The SMILES string of the molecule is CCOC(=O)C1=C(C)N=c2s/c(=C\c3c(C)n(CC)c4ccccc34)c(=O)n2[C@H]1c1ccccc1Cl. The van der Waals surface area contributed by atoms with Gasteiger partial charge in [0.05, 0.1) is 22.4 Å². The second-order valence-corrected chi connectivity index (χ2v) is 10.0. The van der Waals surface area contributed by atoms with E-state index in [-0.39, 0.29) is 12.2 Å². The van der Waals surface area contributed by atoms with E-state index in [1.807, 2.05) is 36.4 Å². The maximum atomic E-state index is 13.9. The van der Waals surface area contributed by atoms with Gasteiger partial charge in [0, 0.05) is 33.7 Å². The third kappa shape index (κ3) is 3.83. The van der Waals surface area contributed by atoms with E-state index < -0.39 is 12.0 Å². The van der Waals surface area contributed by atoms with Crippen LogP contribution < -0.4 is 14.9 Å². The van der Waals surface area contributed by atoms with E-state index in [4.69, 9.17) is 16.3 Å². The lowest BCUT2D eigenvalue weighted by atomic mass is 9.96. The molecule has 184 valence electrons. The molecule has 0 N–H and O–H groups in total. The van der Waals surface area contributed by atoms with Crippen molar-refractivity contribution < 1.29 is 9.53 Å². The number of hydrogen-bond donors (Lipinski definition) is 0. The van der Waals surface area contributed by atoms with Gasteiger partial charge in [0.2, 0.25) is 0 Å². The number of aromatic nitrogens is 2. The molecule has 0 bridgehead atoms. The van der Waals surface area contributed by atoms with Crippen LogP contribution in [0, 0.1) is 6.92 Å². The molecule has 1 aliphatic heterocycles. The first kappa shape index (κ1) is 24.3. The Hall–Kier alpha value is -3.42. The molecular weight excluding hydrogens is 494 g/mol.